The molecular weight excluding hydrogens is 414 g/mol. The molecule has 0 amide bonds. The van der Waals surface area contributed by atoms with Crippen LogP contribution in [0.15, 0.2) is 35.1 Å². The summed E-state index contributed by atoms with van der Waals surface area (Å²) >= 11 is 0. The first kappa shape index (κ1) is 21.9. The minimum atomic E-state index is 0.171. The molecule has 1 aromatic carbocycles. The molecule has 33 heavy (non-hydrogen) atoms. The predicted molar refractivity (Wildman–Crippen MR) is 131 cm³/mol. The number of phenolic OH excluding ortho intramolecular Hbond substituents is 1. The van der Waals surface area contributed by atoms with E-state index in [0.717, 1.165) is 111 Å². The van der Waals surface area contributed by atoms with Gasteiger partial charge in [-0.05, 0) is 75.4 Å². The number of rotatable bonds is 6. The van der Waals surface area contributed by atoms with E-state index in [9.17, 15) is 9.90 Å². The van der Waals surface area contributed by atoms with Crippen LogP contribution in [0.5, 0.6) is 5.75 Å². The van der Waals surface area contributed by atoms with E-state index in [-0.39, 0.29) is 11.3 Å². The molecule has 2 aromatic heterocycles. The zero-order chi connectivity index (χ0) is 22.8. The molecule has 0 saturated carbocycles. The topological polar surface area (TPSA) is 74.5 Å². The third kappa shape index (κ3) is 4.74. The lowest BCUT2D eigenvalue weighted by Crippen LogP contribution is -2.46. The highest BCUT2D eigenvalue weighted by Gasteiger charge is 2.19. The van der Waals surface area contributed by atoms with Gasteiger partial charge in [-0.15, -0.1) is 0 Å². The molecule has 7 nitrogen and oxygen atoms in total. The predicted octanol–water partition coefficient (Wildman–Crippen LogP) is 3.06. The van der Waals surface area contributed by atoms with Crippen LogP contribution in [0.4, 0.5) is 5.82 Å². The minimum Gasteiger partial charge on any atom is -0.508 e. The van der Waals surface area contributed by atoms with Gasteiger partial charge in [0, 0.05) is 50.6 Å². The van der Waals surface area contributed by atoms with E-state index in [2.05, 4.69) is 9.80 Å². The van der Waals surface area contributed by atoms with E-state index < -0.39 is 0 Å². The van der Waals surface area contributed by atoms with Gasteiger partial charge in [-0.3, -0.25) is 14.3 Å². The fourth-order valence-electron chi connectivity index (χ4n) is 5.11. The average molecular weight is 448 g/mol. The molecule has 0 radical (unpaired) electrons. The minimum absolute atomic E-state index is 0.171. The third-order valence-corrected chi connectivity index (χ3v) is 7.13. The van der Waals surface area contributed by atoms with Crippen LogP contribution in [-0.2, 0) is 26.3 Å². The van der Waals surface area contributed by atoms with Crippen LogP contribution >= 0.6 is 0 Å². The van der Waals surface area contributed by atoms with Gasteiger partial charge in [-0.2, -0.15) is 0 Å². The second kappa shape index (κ2) is 9.51. The lowest BCUT2D eigenvalue weighted by molar-refractivity contribution is 0.252. The van der Waals surface area contributed by atoms with Crippen molar-refractivity contribution >= 4 is 16.7 Å². The Labute approximate surface area is 194 Å². The fraction of sp³-hybridized carbons (Fsp3) is 0.500. The van der Waals surface area contributed by atoms with Crippen LogP contribution in [0, 0.1) is 0 Å². The number of nitrogens with zero attached hydrogens (tertiary/aromatic N) is 5. The van der Waals surface area contributed by atoms with Gasteiger partial charge in [0.15, 0.2) is 0 Å². The summed E-state index contributed by atoms with van der Waals surface area (Å²) in [6, 6.07) is 9.40. The number of aryl methyl sites for hydroxylation is 2. The van der Waals surface area contributed by atoms with Crippen LogP contribution in [-0.4, -0.2) is 57.3 Å². The van der Waals surface area contributed by atoms with Crippen molar-refractivity contribution in [3.8, 4) is 5.75 Å². The molecule has 1 aliphatic heterocycles. The molecule has 174 valence electrons. The molecule has 1 aliphatic carbocycles. The molecule has 3 aromatic rings. The SMILES string of the molecule is Cn1c(CCCCN2CCN(c3ccc4cc(O)ccc4n3)CC2)nc2c(c1=O)CCCC2. The number of piperazine rings is 1. The Bertz CT molecular complexity index is 1200. The van der Waals surface area contributed by atoms with Gasteiger partial charge in [-0.1, -0.05) is 0 Å². The molecule has 2 aliphatic rings. The van der Waals surface area contributed by atoms with Crippen molar-refractivity contribution in [3.05, 3.63) is 57.8 Å². The summed E-state index contributed by atoms with van der Waals surface area (Å²) in [5, 5.41) is 10.6. The molecule has 3 heterocycles. The highest BCUT2D eigenvalue weighted by atomic mass is 16.3. The standard InChI is InChI=1S/C26H33N5O2/c1-29-24(28-23-7-3-2-6-21(23)26(29)33)8-4-5-13-30-14-16-31(17-15-30)25-12-9-19-18-20(32)10-11-22(19)27-25/h9-12,18,32H,2-8,13-17H2,1H3. The van der Waals surface area contributed by atoms with Crippen molar-refractivity contribution in [3.63, 3.8) is 0 Å². The maximum absolute atomic E-state index is 12.6. The molecule has 0 bridgehead atoms. The summed E-state index contributed by atoms with van der Waals surface area (Å²) in [5.41, 5.74) is 3.09. The quantitative estimate of drug-likeness (QED) is 0.586. The second-order valence-corrected chi connectivity index (χ2v) is 9.36. The number of anilines is 1. The summed E-state index contributed by atoms with van der Waals surface area (Å²) in [4.78, 5) is 27.1. The lowest BCUT2D eigenvalue weighted by atomic mass is 9.97. The molecule has 1 saturated heterocycles. The number of hydrogen-bond donors (Lipinski definition) is 1. The van der Waals surface area contributed by atoms with E-state index in [1.807, 2.05) is 25.2 Å². The first-order chi connectivity index (χ1) is 16.1. The largest absolute Gasteiger partial charge is 0.508 e. The van der Waals surface area contributed by atoms with Crippen LogP contribution < -0.4 is 10.5 Å². The highest BCUT2D eigenvalue weighted by molar-refractivity contribution is 5.81. The molecule has 0 spiro atoms. The smallest absolute Gasteiger partial charge is 0.256 e. The summed E-state index contributed by atoms with van der Waals surface area (Å²) in [7, 11) is 1.88. The molecule has 1 fully saturated rings. The van der Waals surface area contributed by atoms with Crippen molar-refractivity contribution < 1.29 is 5.11 Å². The summed E-state index contributed by atoms with van der Waals surface area (Å²) in [6.45, 7) is 5.09. The number of benzene rings is 1. The van der Waals surface area contributed by atoms with E-state index in [4.69, 9.17) is 9.97 Å². The van der Waals surface area contributed by atoms with Gasteiger partial charge >= 0.3 is 0 Å². The van der Waals surface area contributed by atoms with E-state index in [1.165, 1.54) is 0 Å². The number of aromatic nitrogens is 3. The first-order valence-corrected chi connectivity index (χ1v) is 12.2. The summed E-state index contributed by atoms with van der Waals surface area (Å²) in [6.07, 6.45) is 7.14. The van der Waals surface area contributed by atoms with Gasteiger partial charge in [0.05, 0.1) is 11.2 Å². The molecule has 5 rings (SSSR count). The van der Waals surface area contributed by atoms with Crippen molar-refractivity contribution in [2.75, 3.05) is 37.6 Å². The third-order valence-electron chi connectivity index (χ3n) is 7.13. The van der Waals surface area contributed by atoms with Crippen LogP contribution in [0.3, 0.4) is 0 Å². The number of pyridine rings is 1. The maximum atomic E-state index is 12.6. The Balaban J connectivity index is 1.10. The van der Waals surface area contributed by atoms with E-state index in [1.54, 1.807) is 16.7 Å². The van der Waals surface area contributed by atoms with Crippen molar-refractivity contribution in [2.24, 2.45) is 7.05 Å². The van der Waals surface area contributed by atoms with Gasteiger partial charge in [0.1, 0.15) is 17.4 Å². The van der Waals surface area contributed by atoms with Crippen LogP contribution in [0.25, 0.3) is 10.9 Å². The molecule has 7 heteroatoms. The Hall–Kier alpha value is -2.93. The summed E-state index contributed by atoms with van der Waals surface area (Å²) in [5.74, 6) is 2.23. The molecule has 0 unspecified atom stereocenters. The van der Waals surface area contributed by atoms with Crippen LogP contribution in [0.1, 0.15) is 42.8 Å². The first-order valence-electron chi connectivity index (χ1n) is 12.2. The number of phenols is 1. The maximum Gasteiger partial charge on any atom is 0.256 e. The van der Waals surface area contributed by atoms with E-state index >= 15 is 0 Å². The Morgan fingerprint density at radius 3 is 2.64 bits per heavy atom. The van der Waals surface area contributed by atoms with Gasteiger partial charge in [0.25, 0.3) is 5.56 Å². The van der Waals surface area contributed by atoms with E-state index in [0.29, 0.717) is 0 Å². The number of aromatic hydroxyl groups is 1. The van der Waals surface area contributed by atoms with Gasteiger partial charge in [-0.25, -0.2) is 9.97 Å². The number of unbranched alkanes of at least 4 members (excludes halogenated alkanes) is 1. The zero-order valence-corrected chi connectivity index (χ0v) is 19.5. The second-order valence-electron chi connectivity index (χ2n) is 9.36. The van der Waals surface area contributed by atoms with Crippen molar-refractivity contribution in [2.45, 2.75) is 44.9 Å². The monoisotopic (exact) mass is 447 g/mol. The Morgan fingerprint density at radius 2 is 1.79 bits per heavy atom. The summed E-state index contributed by atoms with van der Waals surface area (Å²) < 4.78 is 1.78. The zero-order valence-electron chi connectivity index (χ0n) is 19.5. The van der Waals surface area contributed by atoms with Gasteiger partial charge in [0.2, 0.25) is 0 Å². The van der Waals surface area contributed by atoms with Crippen molar-refractivity contribution in [1.29, 1.82) is 0 Å². The highest BCUT2D eigenvalue weighted by Crippen LogP contribution is 2.23. The molecular formula is C26H33N5O2. The number of hydrogen-bond acceptors (Lipinski definition) is 6. The average Bonchev–Trinajstić information content (AvgIpc) is 2.85. The molecule has 1 N–H and O–H groups in total. The lowest BCUT2D eigenvalue weighted by Gasteiger charge is -2.35. The normalized spacial score (nSPS) is 16.8. The Kier molecular flexibility index (Phi) is 6.31. The van der Waals surface area contributed by atoms with Gasteiger partial charge < -0.3 is 10.0 Å². The molecule has 0 atom stereocenters. The van der Waals surface area contributed by atoms with Crippen LogP contribution in [0.2, 0.25) is 0 Å². The number of fused-ring (bicyclic) bond motifs is 2. The Morgan fingerprint density at radius 1 is 0.970 bits per heavy atom. The van der Waals surface area contributed by atoms with Crippen molar-refractivity contribution in [1.82, 2.24) is 19.4 Å². The fourth-order valence-corrected chi connectivity index (χ4v) is 5.11.